The Morgan fingerprint density at radius 1 is 1.31 bits per heavy atom. The molecule has 0 saturated heterocycles. The maximum Gasteiger partial charge on any atom is 0.235 e. The van der Waals surface area contributed by atoms with Crippen LogP contribution in [0.3, 0.4) is 0 Å². The zero-order chi connectivity index (χ0) is 10.1. The zero-order valence-electron chi connectivity index (χ0n) is 8.16. The lowest BCUT2D eigenvalue weighted by molar-refractivity contribution is 0.507. The van der Waals surface area contributed by atoms with Crippen LogP contribution < -0.4 is 0 Å². The summed E-state index contributed by atoms with van der Waals surface area (Å²) in [6.07, 6.45) is 3.75. The zero-order valence-corrected chi connectivity index (χ0v) is 9.74. The topological polar surface area (TPSA) is 34.1 Å². The first-order valence-electron chi connectivity index (χ1n) is 4.84. The van der Waals surface area contributed by atoms with E-state index < -0.39 is 9.05 Å². The fourth-order valence-electron chi connectivity index (χ4n) is 1.57. The van der Waals surface area contributed by atoms with E-state index in [-0.39, 0.29) is 5.25 Å². The summed E-state index contributed by atoms with van der Waals surface area (Å²) < 4.78 is 22.4. The van der Waals surface area contributed by atoms with Gasteiger partial charge in [0, 0.05) is 10.7 Å². The van der Waals surface area contributed by atoms with Crippen LogP contribution in [0.25, 0.3) is 0 Å². The van der Waals surface area contributed by atoms with Crippen LogP contribution in [0.1, 0.15) is 39.5 Å². The fraction of sp³-hybridized carbons (Fsp3) is 1.00. The highest BCUT2D eigenvalue weighted by molar-refractivity contribution is 8.14. The highest BCUT2D eigenvalue weighted by atomic mass is 35.7. The minimum absolute atomic E-state index is 0.281. The molecule has 0 radical (unpaired) electrons. The SMILES string of the molecule is CC(C)CCC(C1CC1)S(=O)(=O)Cl. The third-order valence-electron chi connectivity index (χ3n) is 2.54. The Balaban J connectivity index is 2.49. The summed E-state index contributed by atoms with van der Waals surface area (Å²) in [6, 6.07) is 0. The van der Waals surface area contributed by atoms with E-state index in [9.17, 15) is 8.42 Å². The summed E-state index contributed by atoms with van der Waals surface area (Å²) in [5.41, 5.74) is 0. The lowest BCUT2D eigenvalue weighted by Gasteiger charge is -2.13. The lowest BCUT2D eigenvalue weighted by Crippen LogP contribution is -2.19. The molecule has 0 N–H and O–H groups in total. The van der Waals surface area contributed by atoms with Crippen molar-refractivity contribution in [2.24, 2.45) is 11.8 Å². The first-order valence-corrected chi connectivity index (χ1v) is 7.22. The quantitative estimate of drug-likeness (QED) is 0.673. The van der Waals surface area contributed by atoms with E-state index in [4.69, 9.17) is 10.7 Å². The summed E-state index contributed by atoms with van der Waals surface area (Å²) in [7, 11) is 2.06. The molecule has 2 nitrogen and oxygen atoms in total. The van der Waals surface area contributed by atoms with Gasteiger partial charge in [0.15, 0.2) is 0 Å². The second kappa shape index (κ2) is 4.18. The van der Waals surface area contributed by atoms with Gasteiger partial charge in [0.1, 0.15) is 0 Å². The van der Waals surface area contributed by atoms with Crippen LogP contribution in [0.5, 0.6) is 0 Å². The van der Waals surface area contributed by atoms with Gasteiger partial charge in [-0.2, -0.15) is 0 Å². The molecule has 1 saturated carbocycles. The highest BCUT2D eigenvalue weighted by Crippen LogP contribution is 2.39. The molecule has 4 heteroatoms. The number of hydrogen-bond acceptors (Lipinski definition) is 2. The summed E-state index contributed by atoms with van der Waals surface area (Å²) in [4.78, 5) is 0. The van der Waals surface area contributed by atoms with Gasteiger partial charge >= 0.3 is 0 Å². The van der Waals surface area contributed by atoms with Gasteiger partial charge in [-0.1, -0.05) is 13.8 Å². The third kappa shape index (κ3) is 3.86. The lowest BCUT2D eigenvalue weighted by atomic mass is 10.0. The summed E-state index contributed by atoms with van der Waals surface area (Å²) >= 11 is 0. The molecule has 1 aliphatic rings. The van der Waals surface area contributed by atoms with Crippen LogP contribution in [0.2, 0.25) is 0 Å². The Hall–Kier alpha value is 0.240. The molecule has 13 heavy (non-hydrogen) atoms. The molecule has 1 unspecified atom stereocenters. The van der Waals surface area contributed by atoms with Crippen LogP contribution >= 0.6 is 10.7 Å². The van der Waals surface area contributed by atoms with E-state index in [1.54, 1.807) is 0 Å². The smallest absolute Gasteiger partial charge is 0.212 e. The van der Waals surface area contributed by atoms with Crippen molar-refractivity contribution in [2.75, 3.05) is 0 Å². The van der Waals surface area contributed by atoms with Crippen LogP contribution in [-0.4, -0.2) is 13.7 Å². The Bertz CT molecular complexity index is 255. The molecular formula is C9H17ClO2S. The van der Waals surface area contributed by atoms with Crippen molar-refractivity contribution in [3.05, 3.63) is 0 Å². The van der Waals surface area contributed by atoms with Crippen molar-refractivity contribution in [2.45, 2.75) is 44.8 Å². The monoisotopic (exact) mass is 224 g/mol. The van der Waals surface area contributed by atoms with Crippen molar-refractivity contribution in [3.63, 3.8) is 0 Å². The molecule has 0 bridgehead atoms. The van der Waals surface area contributed by atoms with Crippen LogP contribution in [-0.2, 0) is 9.05 Å². The van der Waals surface area contributed by atoms with Gasteiger partial charge in [0.25, 0.3) is 0 Å². The van der Waals surface area contributed by atoms with Gasteiger partial charge < -0.3 is 0 Å². The second-order valence-electron chi connectivity index (χ2n) is 4.32. The van der Waals surface area contributed by atoms with Gasteiger partial charge in [-0.25, -0.2) is 8.42 Å². The number of hydrogen-bond donors (Lipinski definition) is 0. The molecule has 78 valence electrons. The average Bonchev–Trinajstić information content (AvgIpc) is 2.67. The van der Waals surface area contributed by atoms with Crippen LogP contribution in [0.15, 0.2) is 0 Å². The molecule has 0 spiro atoms. The van der Waals surface area contributed by atoms with E-state index in [0.29, 0.717) is 11.8 Å². The number of halogens is 1. The van der Waals surface area contributed by atoms with Crippen molar-refractivity contribution >= 4 is 19.7 Å². The molecule has 0 aromatic heterocycles. The first-order chi connectivity index (χ1) is 5.91. The Morgan fingerprint density at radius 2 is 1.85 bits per heavy atom. The maximum atomic E-state index is 11.2. The fourth-order valence-corrected chi connectivity index (χ4v) is 3.43. The summed E-state index contributed by atoms with van der Waals surface area (Å²) in [5, 5.41) is -0.281. The normalized spacial score (nSPS) is 20.6. The van der Waals surface area contributed by atoms with Crippen molar-refractivity contribution in [1.29, 1.82) is 0 Å². The Morgan fingerprint density at radius 3 is 2.15 bits per heavy atom. The van der Waals surface area contributed by atoms with E-state index in [1.807, 2.05) is 0 Å². The first kappa shape index (κ1) is 11.3. The third-order valence-corrected chi connectivity index (χ3v) is 4.57. The van der Waals surface area contributed by atoms with E-state index in [2.05, 4.69) is 13.8 Å². The van der Waals surface area contributed by atoms with Crippen molar-refractivity contribution in [1.82, 2.24) is 0 Å². The molecule has 1 fully saturated rings. The molecule has 0 amide bonds. The summed E-state index contributed by atoms with van der Waals surface area (Å²) in [6.45, 7) is 4.20. The van der Waals surface area contributed by atoms with Gasteiger partial charge in [-0.3, -0.25) is 0 Å². The van der Waals surface area contributed by atoms with E-state index >= 15 is 0 Å². The van der Waals surface area contributed by atoms with Gasteiger partial charge in [0.2, 0.25) is 9.05 Å². The molecule has 0 aliphatic heterocycles. The molecule has 1 rings (SSSR count). The Labute approximate surface area is 85.1 Å². The molecule has 1 atom stereocenters. The van der Waals surface area contributed by atoms with E-state index in [0.717, 1.165) is 25.7 Å². The highest BCUT2D eigenvalue weighted by Gasteiger charge is 2.38. The largest absolute Gasteiger partial charge is 0.235 e. The minimum atomic E-state index is -3.33. The Kier molecular flexibility index (Phi) is 3.64. The van der Waals surface area contributed by atoms with Gasteiger partial charge in [0.05, 0.1) is 5.25 Å². The maximum absolute atomic E-state index is 11.2. The van der Waals surface area contributed by atoms with Crippen molar-refractivity contribution < 1.29 is 8.42 Å². The van der Waals surface area contributed by atoms with E-state index in [1.165, 1.54) is 0 Å². The summed E-state index contributed by atoms with van der Waals surface area (Å²) in [5.74, 6) is 0.904. The molecule has 0 aromatic carbocycles. The van der Waals surface area contributed by atoms with Crippen LogP contribution in [0.4, 0.5) is 0 Å². The number of rotatable bonds is 5. The van der Waals surface area contributed by atoms with Crippen molar-refractivity contribution in [3.8, 4) is 0 Å². The predicted molar refractivity (Wildman–Crippen MR) is 55.4 cm³/mol. The molecule has 1 aliphatic carbocycles. The second-order valence-corrected chi connectivity index (χ2v) is 7.17. The molecule has 0 aromatic rings. The molecular weight excluding hydrogens is 208 g/mol. The molecule has 0 heterocycles. The van der Waals surface area contributed by atoms with Gasteiger partial charge in [-0.15, -0.1) is 0 Å². The van der Waals surface area contributed by atoms with Gasteiger partial charge in [-0.05, 0) is 37.5 Å². The minimum Gasteiger partial charge on any atom is -0.212 e. The van der Waals surface area contributed by atoms with Crippen LogP contribution in [0, 0.1) is 11.8 Å². The average molecular weight is 225 g/mol. The standard InChI is InChI=1S/C9H17ClO2S/c1-7(2)3-6-9(8-4-5-8)13(10,11)12/h7-9H,3-6H2,1-2H3. The predicted octanol–water partition coefficient (Wildman–Crippen LogP) is 2.77.